The van der Waals surface area contributed by atoms with Gasteiger partial charge in [0.25, 0.3) is 5.78 Å². The van der Waals surface area contributed by atoms with Gasteiger partial charge in [0.1, 0.15) is 5.82 Å². The van der Waals surface area contributed by atoms with Crippen LogP contribution in [0.2, 0.25) is 0 Å². The topological polar surface area (TPSA) is 92.9 Å². The zero-order chi connectivity index (χ0) is 19.5. The van der Waals surface area contributed by atoms with Crippen molar-refractivity contribution in [2.75, 3.05) is 17.2 Å². The van der Waals surface area contributed by atoms with Crippen LogP contribution in [0.25, 0.3) is 5.78 Å². The summed E-state index contributed by atoms with van der Waals surface area (Å²) in [7, 11) is 0. The van der Waals surface area contributed by atoms with Crippen LogP contribution in [0.15, 0.2) is 42.7 Å². The Kier molecular flexibility index (Phi) is 4.84. The molecular weight excluding hydrogens is 352 g/mol. The van der Waals surface area contributed by atoms with Crippen LogP contribution in [0, 0.1) is 20.8 Å². The van der Waals surface area contributed by atoms with Crippen molar-refractivity contribution in [2.45, 2.75) is 27.2 Å². The fraction of sp³-hybridized carbons (Fsp3) is 0.250. The number of pyridine rings is 2. The van der Waals surface area contributed by atoms with E-state index in [9.17, 15) is 0 Å². The molecule has 0 radical (unpaired) electrons. The highest BCUT2D eigenvalue weighted by Gasteiger charge is 2.11. The summed E-state index contributed by atoms with van der Waals surface area (Å²) in [6.07, 6.45) is 4.46. The third-order valence-corrected chi connectivity index (χ3v) is 4.34. The minimum atomic E-state index is 0.500. The molecule has 2 N–H and O–H groups in total. The second-order valence-corrected chi connectivity index (χ2v) is 6.69. The van der Waals surface area contributed by atoms with Crippen LogP contribution >= 0.6 is 0 Å². The number of hydrogen-bond donors (Lipinski definition) is 2. The summed E-state index contributed by atoms with van der Waals surface area (Å²) in [4.78, 5) is 17.7. The van der Waals surface area contributed by atoms with E-state index in [1.165, 1.54) is 0 Å². The predicted octanol–water partition coefficient (Wildman–Crippen LogP) is 3.24. The monoisotopic (exact) mass is 374 g/mol. The van der Waals surface area contributed by atoms with Gasteiger partial charge in [0.05, 0.1) is 0 Å². The summed E-state index contributed by atoms with van der Waals surface area (Å²) in [5, 5.41) is 11.3. The molecule has 0 aliphatic carbocycles. The molecule has 142 valence electrons. The van der Waals surface area contributed by atoms with Gasteiger partial charge in [0.15, 0.2) is 0 Å². The molecule has 0 amide bonds. The first-order valence-corrected chi connectivity index (χ1v) is 9.17. The Balaban J connectivity index is 1.56. The molecule has 0 fully saturated rings. The number of nitrogens with zero attached hydrogens (tertiary/aromatic N) is 6. The number of rotatable bonds is 6. The van der Waals surface area contributed by atoms with Crippen molar-refractivity contribution in [3.63, 3.8) is 0 Å². The van der Waals surface area contributed by atoms with E-state index in [2.05, 4.69) is 35.7 Å². The van der Waals surface area contributed by atoms with Crippen molar-refractivity contribution >= 4 is 23.2 Å². The lowest BCUT2D eigenvalue weighted by molar-refractivity contribution is 0.896. The van der Waals surface area contributed by atoms with Crippen molar-refractivity contribution in [1.29, 1.82) is 0 Å². The lowest BCUT2D eigenvalue weighted by Gasteiger charge is -2.08. The molecule has 4 rings (SSSR count). The summed E-state index contributed by atoms with van der Waals surface area (Å²) in [6.45, 7) is 6.64. The highest BCUT2D eigenvalue weighted by Crippen LogP contribution is 2.20. The van der Waals surface area contributed by atoms with Crippen molar-refractivity contribution in [1.82, 2.24) is 29.5 Å². The maximum absolute atomic E-state index is 4.58. The summed E-state index contributed by atoms with van der Waals surface area (Å²) in [5.74, 6) is 1.90. The summed E-state index contributed by atoms with van der Waals surface area (Å²) in [5.41, 5.74) is 4.82. The SMILES string of the molecule is Cc1cc(Nc2nc3nc(C)cc(NCCc4ccccn4)n3n2)c(C)cn1. The largest absolute Gasteiger partial charge is 0.369 e. The third kappa shape index (κ3) is 3.90. The van der Waals surface area contributed by atoms with E-state index < -0.39 is 0 Å². The number of aryl methyl sites for hydroxylation is 3. The Labute approximate surface area is 163 Å². The van der Waals surface area contributed by atoms with Crippen LogP contribution in [0.5, 0.6) is 0 Å². The number of fused-ring (bicyclic) bond motifs is 1. The van der Waals surface area contributed by atoms with Gasteiger partial charge >= 0.3 is 0 Å². The Bertz CT molecular complexity index is 1100. The highest BCUT2D eigenvalue weighted by molar-refractivity contribution is 5.59. The van der Waals surface area contributed by atoms with Gasteiger partial charge in [0.2, 0.25) is 5.95 Å². The predicted molar refractivity (Wildman–Crippen MR) is 109 cm³/mol. The van der Waals surface area contributed by atoms with Gasteiger partial charge in [-0.1, -0.05) is 6.07 Å². The van der Waals surface area contributed by atoms with E-state index in [1.54, 1.807) is 4.52 Å². The van der Waals surface area contributed by atoms with E-state index in [1.807, 2.05) is 63.5 Å². The average Bonchev–Trinajstić information content (AvgIpc) is 3.08. The van der Waals surface area contributed by atoms with Gasteiger partial charge in [-0.25, -0.2) is 4.98 Å². The zero-order valence-electron chi connectivity index (χ0n) is 16.1. The molecule has 8 nitrogen and oxygen atoms in total. The number of hydrogen-bond acceptors (Lipinski definition) is 7. The van der Waals surface area contributed by atoms with Crippen molar-refractivity contribution < 1.29 is 0 Å². The van der Waals surface area contributed by atoms with Gasteiger partial charge in [0, 0.05) is 54.2 Å². The van der Waals surface area contributed by atoms with E-state index in [0.717, 1.165) is 47.1 Å². The minimum Gasteiger partial charge on any atom is -0.369 e. The van der Waals surface area contributed by atoms with Gasteiger partial charge in [-0.05, 0) is 44.5 Å². The standard InChI is InChI=1S/C20H22N8/c1-13-12-23-14(2)10-17(13)25-19-26-20-24-15(3)11-18(28(20)27-19)22-9-7-16-6-4-5-8-21-16/h4-6,8,10-12,22H,7,9H2,1-3H3,(H,23,25,27). The molecule has 4 aromatic rings. The van der Waals surface area contributed by atoms with E-state index in [-0.39, 0.29) is 0 Å². The first kappa shape index (κ1) is 17.8. The fourth-order valence-corrected chi connectivity index (χ4v) is 2.91. The second kappa shape index (κ2) is 7.59. The van der Waals surface area contributed by atoms with Crippen LogP contribution in [-0.2, 0) is 6.42 Å². The quantitative estimate of drug-likeness (QED) is 0.535. The van der Waals surface area contributed by atoms with E-state index in [4.69, 9.17) is 0 Å². The lowest BCUT2D eigenvalue weighted by Crippen LogP contribution is -2.10. The molecule has 0 atom stereocenters. The first-order valence-electron chi connectivity index (χ1n) is 9.17. The van der Waals surface area contributed by atoms with Crippen LogP contribution in [0.1, 0.15) is 22.6 Å². The molecule has 0 spiro atoms. The van der Waals surface area contributed by atoms with Crippen molar-refractivity contribution in [3.05, 3.63) is 65.4 Å². The van der Waals surface area contributed by atoms with Gasteiger partial charge in [-0.3, -0.25) is 9.97 Å². The molecule has 0 aromatic carbocycles. The first-order chi connectivity index (χ1) is 13.6. The van der Waals surface area contributed by atoms with Crippen molar-refractivity contribution in [3.8, 4) is 0 Å². The maximum atomic E-state index is 4.58. The number of nitrogens with one attached hydrogen (secondary N) is 2. The van der Waals surface area contributed by atoms with E-state index >= 15 is 0 Å². The van der Waals surface area contributed by atoms with Crippen LogP contribution in [0.4, 0.5) is 17.5 Å². The molecule has 0 saturated carbocycles. The summed E-state index contributed by atoms with van der Waals surface area (Å²) >= 11 is 0. The molecule has 28 heavy (non-hydrogen) atoms. The lowest BCUT2D eigenvalue weighted by atomic mass is 10.2. The zero-order valence-corrected chi connectivity index (χ0v) is 16.1. The normalized spacial score (nSPS) is 11.0. The third-order valence-electron chi connectivity index (χ3n) is 4.34. The Morgan fingerprint density at radius 3 is 2.71 bits per heavy atom. The number of anilines is 3. The second-order valence-electron chi connectivity index (χ2n) is 6.69. The molecule has 0 aliphatic rings. The minimum absolute atomic E-state index is 0.500. The van der Waals surface area contributed by atoms with Crippen molar-refractivity contribution in [2.24, 2.45) is 0 Å². The molecule has 4 aromatic heterocycles. The molecular formula is C20H22N8. The highest BCUT2D eigenvalue weighted by atomic mass is 15.4. The molecule has 0 unspecified atom stereocenters. The molecule has 0 aliphatic heterocycles. The fourth-order valence-electron chi connectivity index (χ4n) is 2.91. The molecule has 8 heteroatoms. The van der Waals surface area contributed by atoms with E-state index in [0.29, 0.717) is 11.7 Å². The molecule has 0 saturated heterocycles. The van der Waals surface area contributed by atoms with Crippen LogP contribution in [-0.4, -0.2) is 36.1 Å². The Morgan fingerprint density at radius 2 is 1.89 bits per heavy atom. The maximum Gasteiger partial charge on any atom is 0.256 e. The Hall–Kier alpha value is -3.55. The van der Waals surface area contributed by atoms with Gasteiger partial charge in [-0.15, -0.1) is 5.10 Å². The van der Waals surface area contributed by atoms with Gasteiger partial charge in [-0.2, -0.15) is 9.50 Å². The molecule has 0 bridgehead atoms. The summed E-state index contributed by atoms with van der Waals surface area (Å²) < 4.78 is 1.72. The van der Waals surface area contributed by atoms with Gasteiger partial charge < -0.3 is 10.6 Å². The number of aromatic nitrogens is 6. The summed E-state index contributed by atoms with van der Waals surface area (Å²) in [6, 6.07) is 9.88. The molecule has 4 heterocycles. The van der Waals surface area contributed by atoms with Crippen LogP contribution in [0.3, 0.4) is 0 Å². The Morgan fingerprint density at radius 1 is 1.00 bits per heavy atom. The smallest absolute Gasteiger partial charge is 0.256 e. The average molecular weight is 374 g/mol. The van der Waals surface area contributed by atoms with Crippen LogP contribution < -0.4 is 10.6 Å².